The van der Waals surface area contributed by atoms with Crippen LogP contribution in [0.5, 0.6) is 0 Å². The zero-order valence-electron chi connectivity index (χ0n) is 13.0. The standard InChI is InChI=1S/C17H26N2O2/c1-3-10-18-16-11-12(2)4-9-15(16)17(21)19-13-5-7-14(20)8-6-13/h4,9,11,13-14,18,20H,3,5-8,10H2,1-2H3,(H,19,21). The van der Waals surface area contributed by atoms with Crippen LogP contribution in [0.15, 0.2) is 18.2 Å². The molecule has 0 aromatic heterocycles. The van der Waals surface area contributed by atoms with Crippen molar-refractivity contribution >= 4 is 11.6 Å². The highest BCUT2D eigenvalue weighted by Gasteiger charge is 2.22. The van der Waals surface area contributed by atoms with E-state index in [1.54, 1.807) is 0 Å². The van der Waals surface area contributed by atoms with Gasteiger partial charge in [0, 0.05) is 18.3 Å². The Morgan fingerprint density at radius 2 is 2.00 bits per heavy atom. The molecule has 1 fully saturated rings. The van der Waals surface area contributed by atoms with E-state index in [9.17, 15) is 9.90 Å². The number of aryl methyl sites for hydroxylation is 1. The summed E-state index contributed by atoms with van der Waals surface area (Å²) >= 11 is 0. The molecule has 1 saturated carbocycles. The third kappa shape index (κ3) is 4.46. The van der Waals surface area contributed by atoms with Crippen LogP contribution in [-0.4, -0.2) is 29.7 Å². The number of hydrogen-bond donors (Lipinski definition) is 3. The molecule has 1 aliphatic rings. The maximum Gasteiger partial charge on any atom is 0.253 e. The zero-order chi connectivity index (χ0) is 15.2. The molecule has 0 bridgehead atoms. The highest BCUT2D eigenvalue weighted by atomic mass is 16.3. The van der Waals surface area contributed by atoms with Crippen molar-refractivity contribution in [1.82, 2.24) is 5.32 Å². The molecule has 0 aliphatic heterocycles. The Morgan fingerprint density at radius 3 is 2.67 bits per heavy atom. The molecule has 0 saturated heterocycles. The molecule has 116 valence electrons. The Balaban J connectivity index is 2.04. The molecular weight excluding hydrogens is 264 g/mol. The van der Waals surface area contributed by atoms with Gasteiger partial charge in [-0.05, 0) is 56.7 Å². The van der Waals surface area contributed by atoms with Crippen LogP contribution in [0.3, 0.4) is 0 Å². The average molecular weight is 290 g/mol. The molecule has 0 radical (unpaired) electrons. The summed E-state index contributed by atoms with van der Waals surface area (Å²) in [6.45, 7) is 5.00. The first-order valence-electron chi connectivity index (χ1n) is 7.93. The smallest absolute Gasteiger partial charge is 0.253 e. The van der Waals surface area contributed by atoms with Gasteiger partial charge in [-0.3, -0.25) is 4.79 Å². The van der Waals surface area contributed by atoms with E-state index < -0.39 is 0 Å². The predicted molar refractivity (Wildman–Crippen MR) is 85.7 cm³/mol. The van der Waals surface area contributed by atoms with Crippen LogP contribution in [0.4, 0.5) is 5.69 Å². The molecule has 4 heteroatoms. The lowest BCUT2D eigenvalue weighted by atomic mass is 9.93. The minimum absolute atomic E-state index is 0.0185. The molecule has 0 atom stereocenters. The summed E-state index contributed by atoms with van der Waals surface area (Å²) in [4.78, 5) is 12.5. The van der Waals surface area contributed by atoms with Crippen molar-refractivity contribution in [1.29, 1.82) is 0 Å². The van der Waals surface area contributed by atoms with Gasteiger partial charge in [0.05, 0.1) is 11.7 Å². The molecule has 4 nitrogen and oxygen atoms in total. The van der Waals surface area contributed by atoms with Crippen molar-refractivity contribution < 1.29 is 9.90 Å². The lowest BCUT2D eigenvalue weighted by Crippen LogP contribution is -2.38. The number of aliphatic hydroxyl groups is 1. The monoisotopic (exact) mass is 290 g/mol. The topological polar surface area (TPSA) is 61.4 Å². The van der Waals surface area contributed by atoms with Gasteiger partial charge < -0.3 is 15.7 Å². The Bertz CT molecular complexity index is 480. The summed E-state index contributed by atoms with van der Waals surface area (Å²) < 4.78 is 0. The number of carbonyl (C=O) groups excluding carboxylic acids is 1. The molecule has 0 unspecified atom stereocenters. The summed E-state index contributed by atoms with van der Waals surface area (Å²) in [5, 5.41) is 16.0. The van der Waals surface area contributed by atoms with Gasteiger partial charge in [-0.2, -0.15) is 0 Å². The number of carbonyl (C=O) groups is 1. The minimum atomic E-state index is -0.195. The first kappa shape index (κ1) is 15.8. The highest BCUT2D eigenvalue weighted by Crippen LogP contribution is 2.21. The van der Waals surface area contributed by atoms with E-state index in [2.05, 4.69) is 17.6 Å². The highest BCUT2D eigenvalue weighted by molar-refractivity contribution is 5.99. The number of amides is 1. The van der Waals surface area contributed by atoms with Gasteiger partial charge in [-0.25, -0.2) is 0 Å². The molecule has 0 heterocycles. The van der Waals surface area contributed by atoms with Gasteiger partial charge in [0.2, 0.25) is 0 Å². The first-order valence-corrected chi connectivity index (χ1v) is 7.93. The molecular formula is C17H26N2O2. The first-order chi connectivity index (χ1) is 10.1. The lowest BCUT2D eigenvalue weighted by Gasteiger charge is -2.26. The van der Waals surface area contributed by atoms with Gasteiger partial charge in [0.1, 0.15) is 0 Å². The van der Waals surface area contributed by atoms with Crippen LogP contribution in [0.1, 0.15) is 54.9 Å². The van der Waals surface area contributed by atoms with Crippen molar-refractivity contribution in [2.75, 3.05) is 11.9 Å². The van der Waals surface area contributed by atoms with Crippen molar-refractivity contribution in [3.8, 4) is 0 Å². The maximum absolute atomic E-state index is 12.5. The largest absolute Gasteiger partial charge is 0.393 e. The Labute approximate surface area is 126 Å². The van der Waals surface area contributed by atoms with E-state index in [0.717, 1.165) is 49.9 Å². The lowest BCUT2D eigenvalue weighted by molar-refractivity contribution is 0.0868. The number of hydrogen-bond acceptors (Lipinski definition) is 3. The second-order valence-corrected chi connectivity index (χ2v) is 5.95. The van der Waals surface area contributed by atoms with Crippen LogP contribution in [0.2, 0.25) is 0 Å². The van der Waals surface area contributed by atoms with E-state index in [-0.39, 0.29) is 18.1 Å². The average Bonchev–Trinajstić information content (AvgIpc) is 2.47. The second-order valence-electron chi connectivity index (χ2n) is 5.95. The molecule has 21 heavy (non-hydrogen) atoms. The SMILES string of the molecule is CCCNc1cc(C)ccc1C(=O)NC1CCC(O)CC1. The van der Waals surface area contributed by atoms with Crippen LogP contribution in [0, 0.1) is 6.92 Å². The summed E-state index contributed by atoms with van der Waals surface area (Å²) in [7, 11) is 0. The van der Waals surface area contributed by atoms with E-state index in [0.29, 0.717) is 5.56 Å². The van der Waals surface area contributed by atoms with E-state index in [1.165, 1.54) is 0 Å². The van der Waals surface area contributed by atoms with Gasteiger partial charge in [0.25, 0.3) is 5.91 Å². The number of rotatable bonds is 5. The minimum Gasteiger partial charge on any atom is -0.393 e. The fourth-order valence-electron chi connectivity index (χ4n) is 2.75. The van der Waals surface area contributed by atoms with E-state index in [1.807, 2.05) is 25.1 Å². The van der Waals surface area contributed by atoms with Crippen molar-refractivity contribution in [3.05, 3.63) is 29.3 Å². The number of benzene rings is 1. The van der Waals surface area contributed by atoms with Gasteiger partial charge in [-0.15, -0.1) is 0 Å². The van der Waals surface area contributed by atoms with Crippen LogP contribution in [-0.2, 0) is 0 Å². The number of nitrogens with one attached hydrogen (secondary N) is 2. The van der Waals surface area contributed by atoms with Crippen molar-refractivity contribution in [3.63, 3.8) is 0 Å². The van der Waals surface area contributed by atoms with Crippen molar-refractivity contribution in [2.45, 2.75) is 58.1 Å². The molecule has 1 aliphatic carbocycles. The van der Waals surface area contributed by atoms with Crippen molar-refractivity contribution in [2.24, 2.45) is 0 Å². The molecule has 0 spiro atoms. The van der Waals surface area contributed by atoms with Crippen LogP contribution >= 0.6 is 0 Å². The third-order valence-corrected chi connectivity index (χ3v) is 4.02. The quantitative estimate of drug-likeness (QED) is 0.781. The molecule has 2 rings (SSSR count). The zero-order valence-corrected chi connectivity index (χ0v) is 13.0. The third-order valence-electron chi connectivity index (χ3n) is 4.02. The predicted octanol–water partition coefficient (Wildman–Crippen LogP) is 2.85. The van der Waals surface area contributed by atoms with Crippen LogP contribution in [0.25, 0.3) is 0 Å². The van der Waals surface area contributed by atoms with E-state index >= 15 is 0 Å². The summed E-state index contributed by atoms with van der Waals surface area (Å²) in [6.07, 6.45) is 4.10. The molecule has 1 aromatic carbocycles. The molecule has 1 amide bonds. The van der Waals surface area contributed by atoms with Gasteiger partial charge >= 0.3 is 0 Å². The summed E-state index contributed by atoms with van der Waals surface area (Å²) in [5.74, 6) is -0.0185. The number of aliphatic hydroxyl groups excluding tert-OH is 1. The number of anilines is 1. The maximum atomic E-state index is 12.5. The summed E-state index contributed by atoms with van der Waals surface area (Å²) in [6, 6.07) is 6.06. The Hall–Kier alpha value is -1.55. The van der Waals surface area contributed by atoms with Gasteiger partial charge in [-0.1, -0.05) is 13.0 Å². The van der Waals surface area contributed by atoms with Crippen LogP contribution < -0.4 is 10.6 Å². The molecule has 1 aromatic rings. The van der Waals surface area contributed by atoms with Gasteiger partial charge in [0.15, 0.2) is 0 Å². The molecule has 3 N–H and O–H groups in total. The fraction of sp³-hybridized carbons (Fsp3) is 0.588. The Morgan fingerprint density at radius 1 is 1.29 bits per heavy atom. The normalized spacial score (nSPS) is 21.9. The van der Waals surface area contributed by atoms with E-state index in [4.69, 9.17) is 0 Å². The second kappa shape index (κ2) is 7.46. The fourth-order valence-corrected chi connectivity index (χ4v) is 2.75. The Kier molecular flexibility index (Phi) is 5.62. The summed E-state index contributed by atoms with van der Waals surface area (Å²) in [5.41, 5.74) is 2.76.